The van der Waals surface area contributed by atoms with Crippen molar-refractivity contribution in [3.8, 4) is 5.75 Å². The molecule has 208 valence electrons. The molecule has 0 saturated carbocycles. The first-order valence-corrected chi connectivity index (χ1v) is 12.5. The van der Waals surface area contributed by atoms with Crippen LogP contribution in [-0.4, -0.2) is 68.2 Å². The fraction of sp³-hybridized carbons (Fsp3) is 0.407. The van der Waals surface area contributed by atoms with Gasteiger partial charge >= 0.3 is 11.9 Å². The SMILES string of the molecule is CC/C(C)=C1/OC(=O)[C@H](C)[C@@H](O)[C@H](Cc2cccnc2)NC(=O)[C@@H](NC(=O)c2ncccc2O)[C@@H](C)OC1=O. The van der Waals surface area contributed by atoms with Gasteiger partial charge in [-0.3, -0.25) is 19.4 Å². The average molecular weight is 541 g/mol. The minimum atomic E-state index is -1.47. The van der Waals surface area contributed by atoms with Crippen LogP contribution in [0.4, 0.5) is 0 Å². The Hall–Kier alpha value is -4.32. The van der Waals surface area contributed by atoms with Crippen LogP contribution in [0.25, 0.3) is 0 Å². The van der Waals surface area contributed by atoms with Crippen molar-refractivity contribution < 1.29 is 38.9 Å². The molecular formula is C27H32N4O8. The van der Waals surface area contributed by atoms with Gasteiger partial charge in [0.15, 0.2) is 5.69 Å². The number of nitrogens with one attached hydrogen (secondary N) is 2. The molecule has 4 N–H and O–H groups in total. The molecule has 0 aromatic carbocycles. The number of aromatic nitrogens is 2. The first-order valence-electron chi connectivity index (χ1n) is 12.5. The number of aromatic hydroxyl groups is 1. The molecule has 0 unspecified atom stereocenters. The molecular weight excluding hydrogens is 508 g/mol. The molecule has 2 aromatic heterocycles. The van der Waals surface area contributed by atoms with Gasteiger partial charge in [0.1, 0.15) is 17.9 Å². The highest BCUT2D eigenvalue weighted by Gasteiger charge is 2.39. The van der Waals surface area contributed by atoms with E-state index in [1.165, 1.54) is 32.2 Å². The summed E-state index contributed by atoms with van der Waals surface area (Å²) in [6, 6.07) is 3.62. The molecule has 39 heavy (non-hydrogen) atoms. The van der Waals surface area contributed by atoms with Crippen molar-refractivity contribution in [1.82, 2.24) is 20.6 Å². The Morgan fingerprint density at radius 1 is 1.15 bits per heavy atom. The number of allylic oxidation sites excluding steroid dienone is 1. The summed E-state index contributed by atoms with van der Waals surface area (Å²) in [6.45, 7) is 6.13. The number of aliphatic hydroxyl groups excluding tert-OH is 1. The van der Waals surface area contributed by atoms with Crippen LogP contribution in [0.5, 0.6) is 5.75 Å². The molecule has 12 nitrogen and oxygen atoms in total. The third kappa shape index (κ3) is 7.17. The lowest BCUT2D eigenvalue weighted by atomic mass is 9.92. The molecule has 3 rings (SSSR count). The summed E-state index contributed by atoms with van der Waals surface area (Å²) in [5.74, 6) is -5.52. The van der Waals surface area contributed by atoms with Gasteiger partial charge in [0.05, 0.1) is 18.1 Å². The third-order valence-electron chi connectivity index (χ3n) is 6.44. The lowest BCUT2D eigenvalue weighted by Crippen LogP contribution is -2.59. The summed E-state index contributed by atoms with van der Waals surface area (Å²) in [4.78, 5) is 60.3. The van der Waals surface area contributed by atoms with E-state index in [1.807, 2.05) is 0 Å². The van der Waals surface area contributed by atoms with Crippen LogP contribution in [0.1, 0.15) is 50.2 Å². The molecule has 0 aliphatic carbocycles. The van der Waals surface area contributed by atoms with Crippen molar-refractivity contribution in [1.29, 1.82) is 0 Å². The molecule has 0 bridgehead atoms. The highest BCUT2D eigenvalue weighted by Crippen LogP contribution is 2.21. The molecule has 1 aliphatic rings. The Morgan fingerprint density at radius 2 is 1.87 bits per heavy atom. The van der Waals surface area contributed by atoms with Crippen LogP contribution in [0.3, 0.4) is 0 Å². The third-order valence-corrected chi connectivity index (χ3v) is 6.44. The Kier molecular flexibility index (Phi) is 9.72. The van der Waals surface area contributed by atoms with Gasteiger partial charge in [-0.2, -0.15) is 0 Å². The molecule has 0 radical (unpaired) electrons. The Labute approximate surface area is 225 Å². The molecule has 5 atom stereocenters. The van der Waals surface area contributed by atoms with Crippen molar-refractivity contribution in [2.75, 3.05) is 0 Å². The van der Waals surface area contributed by atoms with Gasteiger partial charge in [0.2, 0.25) is 11.7 Å². The maximum absolute atomic E-state index is 13.6. The molecule has 1 fully saturated rings. The molecule has 2 aromatic rings. The van der Waals surface area contributed by atoms with E-state index in [0.29, 0.717) is 17.6 Å². The summed E-state index contributed by atoms with van der Waals surface area (Å²) < 4.78 is 10.9. The van der Waals surface area contributed by atoms with Crippen LogP contribution in [-0.2, 0) is 30.3 Å². The van der Waals surface area contributed by atoms with Crippen LogP contribution in [0.15, 0.2) is 54.2 Å². The zero-order chi connectivity index (χ0) is 28.7. The first kappa shape index (κ1) is 29.2. The maximum atomic E-state index is 13.6. The number of aliphatic hydroxyl groups is 1. The minimum Gasteiger partial charge on any atom is -0.505 e. The molecule has 0 spiro atoms. The Morgan fingerprint density at radius 3 is 2.51 bits per heavy atom. The number of cyclic esters (lactones) is 2. The van der Waals surface area contributed by atoms with Crippen molar-refractivity contribution in [2.45, 2.75) is 64.8 Å². The van der Waals surface area contributed by atoms with Crippen molar-refractivity contribution in [3.05, 3.63) is 65.4 Å². The number of hydrogen-bond donors (Lipinski definition) is 4. The van der Waals surface area contributed by atoms with E-state index in [0.717, 1.165) is 0 Å². The summed E-state index contributed by atoms with van der Waals surface area (Å²) in [5.41, 5.74) is 0.733. The quantitative estimate of drug-likeness (QED) is 0.318. The monoisotopic (exact) mass is 540 g/mol. The second-order valence-corrected chi connectivity index (χ2v) is 9.28. The van der Waals surface area contributed by atoms with Crippen LogP contribution >= 0.6 is 0 Å². The number of esters is 2. The van der Waals surface area contributed by atoms with Gasteiger partial charge in [0.25, 0.3) is 5.91 Å². The normalized spacial score (nSPS) is 25.8. The van der Waals surface area contributed by atoms with E-state index < -0.39 is 59.7 Å². The van der Waals surface area contributed by atoms with Gasteiger partial charge in [-0.1, -0.05) is 13.0 Å². The fourth-order valence-electron chi connectivity index (χ4n) is 3.92. The van der Waals surface area contributed by atoms with Crippen molar-refractivity contribution >= 4 is 23.8 Å². The number of ether oxygens (including phenoxy) is 2. The molecule has 1 saturated heterocycles. The van der Waals surface area contributed by atoms with Crippen molar-refractivity contribution in [3.63, 3.8) is 0 Å². The summed E-state index contributed by atoms with van der Waals surface area (Å²) in [7, 11) is 0. The van der Waals surface area contributed by atoms with Gasteiger partial charge < -0.3 is 30.3 Å². The topological polar surface area (TPSA) is 177 Å². The molecule has 1 aliphatic heterocycles. The number of hydrogen-bond acceptors (Lipinski definition) is 10. The Balaban J connectivity index is 2.03. The van der Waals surface area contributed by atoms with Gasteiger partial charge in [0, 0.05) is 18.6 Å². The van der Waals surface area contributed by atoms with Gasteiger partial charge in [-0.15, -0.1) is 0 Å². The number of amides is 2. The highest BCUT2D eigenvalue weighted by atomic mass is 16.6. The smallest absolute Gasteiger partial charge is 0.374 e. The minimum absolute atomic E-state index is 0.0882. The number of carbonyl (C=O) groups excluding carboxylic acids is 4. The lowest BCUT2D eigenvalue weighted by Gasteiger charge is -2.32. The largest absolute Gasteiger partial charge is 0.505 e. The zero-order valence-corrected chi connectivity index (χ0v) is 22.1. The molecule has 3 heterocycles. The number of rotatable bonds is 5. The second-order valence-electron chi connectivity index (χ2n) is 9.28. The average Bonchev–Trinajstić information content (AvgIpc) is 2.92. The van der Waals surface area contributed by atoms with Gasteiger partial charge in [-0.05, 0) is 62.9 Å². The summed E-state index contributed by atoms with van der Waals surface area (Å²) in [5, 5.41) is 26.3. The molecule has 12 heteroatoms. The maximum Gasteiger partial charge on any atom is 0.374 e. The summed E-state index contributed by atoms with van der Waals surface area (Å²) >= 11 is 0. The van der Waals surface area contributed by atoms with Crippen LogP contribution in [0.2, 0.25) is 0 Å². The van der Waals surface area contributed by atoms with E-state index in [9.17, 15) is 29.4 Å². The second kappa shape index (κ2) is 13.0. The number of nitrogens with zero attached hydrogens (tertiary/aromatic N) is 2. The number of carbonyl (C=O) groups is 4. The summed E-state index contributed by atoms with van der Waals surface area (Å²) in [6.07, 6.45) is 2.15. The lowest BCUT2D eigenvalue weighted by molar-refractivity contribution is -0.161. The van der Waals surface area contributed by atoms with Gasteiger partial charge in [-0.25, -0.2) is 9.78 Å². The molecule has 2 amide bonds. The van der Waals surface area contributed by atoms with E-state index in [1.54, 1.807) is 38.4 Å². The van der Waals surface area contributed by atoms with Crippen molar-refractivity contribution in [2.24, 2.45) is 5.92 Å². The highest BCUT2D eigenvalue weighted by molar-refractivity contribution is 5.98. The predicted octanol–water partition coefficient (Wildman–Crippen LogP) is 1.18. The predicted molar refractivity (Wildman–Crippen MR) is 137 cm³/mol. The van der Waals surface area contributed by atoms with E-state index in [-0.39, 0.29) is 17.9 Å². The van der Waals surface area contributed by atoms with Crippen LogP contribution in [0, 0.1) is 5.92 Å². The van der Waals surface area contributed by atoms with Crippen LogP contribution < -0.4 is 10.6 Å². The van der Waals surface area contributed by atoms with E-state index in [4.69, 9.17) is 9.47 Å². The Bertz CT molecular complexity index is 1250. The van der Waals surface area contributed by atoms with E-state index >= 15 is 0 Å². The standard InChI is InChI=1S/C27H32N4O8/c1-5-14(2)23-27(37)38-16(4)20(31-25(35)21-19(32)9-7-11-29-21)24(34)30-18(12-17-8-6-10-28-13-17)22(33)15(3)26(36)39-23/h6-11,13,15-16,18,20,22,32-33H,5,12H2,1-4H3,(H,30,34)(H,31,35)/b23-14+/t15-,16-,18+,20+,22-/m1/s1. The van der Waals surface area contributed by atoms with E-state index in [2.05, 4.69) is 20.6 Å². The number of pyridine rings is 2. The fourth-order valence-corrected chi connectivity index (χ4v) is 3.92. The zero-order valence-electron chi connectivity index (χ0n) is 22.1. The first-order chi connectivity index (χ1) is 18.5.